The van der Waals surface area contributed by atoms with Crippen LogP contribution in [0.2, 0.25) is 0 Å². The second-order valence-corrected chi connectivity index (χ2v) is 10.1. The summed E-state index contributed by atoms with van der Waals surface area (Å²) in [4.78, 5) is 9.04. The van der Waals surface area contributed by atoms with E-state index in [1.54, 1.807) is 19.2 Å². The van der Waals surface area contributed by atoms with Crippen LogP contribution in [0.15, 0.2) is 66.9 Å². The van der Waals surface area contributed by atoms with Crippen molar-refractivity contribution in [2.45, 2.75) is 45.3 Å². The highest BCUT2D eigenvalue weighted by molar-refractivity contribution is 7.80. The molecule has 3 heterocycles. The molecule has 1 fully saturated rings. The van der Waals surface area contributed by atoms with E-state index in [0.29, 0.717) is 10.7 Å². The molecule has 5 rings (SSSR count). The van der Waals surface area contributed by atoms with Crippen molar-refractivity contribution in [3.05, 3.63) is 95.1 Å². The monoisotopic (exact) mass is 472 g/mol. The van der Waals surface area contributed by atoms with Crippen molar-refractivity contribution in [3.63, 3.8) is 0 Å². The number of hydrogen-bond donors (Lipinski definition) is 1. The molecular weight excluding hydrogens is 443 g/mol. The lowest BCUT2D eigenvalue weighted by Crippen LogP contribution is -2.42. The van der Waals surface area contributed by atoms with Crippen LogP contribution < -0.4 is 15.1 Å². The zero-order chi connectivity index (χ0) is 24.2. The summed E-state index contributed by atoms with van der Waals surface area (Å²) in [5.41, 5.74) is 7.13. The molecule has 6 heteroatoms. The van der Waals surface area contributed by atoms with Crippen molar-refractivity contribution in [1.82, 2.24) is 10.3 Å². The minimum atomic E-state index is -0.222. The van der Waals surface area contributed by atoms with E-state index in [9.17, 15) is 4.39 Å². The molecular formula is C28H29FN4S. The highest BCUT2D eigenvalue weighted by Crippen LogP contribution is 2.45. The standard InChI is InChI=1S/C28H29FN4S/c1-17-14-20(10-11-22(17)29)33-26(25(31-27(33)34)23-8-6-7-13-30-23)19-9-12-24-21(15-19)18(2)16-28(3,4)32(24)5/h6-16,25-26H,1-5H3,(H,31,34)/t25-,26-/m0/s1. The van der Waals surface area contributed by atoms with Gasteiger partial charge in [0.15, 0.2) is 5.11 Å². The van der Waals surface area contributed by atoms with Gasteiger partial charge < -0.3 is 15.1 Å². The van der Waals surface area contributed by atoms with Crippen molar-refractivity contribution >= 4 is 34.3 Å². The Hall–Kier alpha value is -3.25. The summed E-state index contributed by atoms with van der Waals surface area (Å²) < 4.78 is 14.1. The van der Waals surface area contributed by atoms with Crippen LogP contribution in [-0.4, -0.2) is 22.7 Å². The first-order valence-corrected chi connectivity index (χ1v) is 11.9. The first kappa shape index (κ1) is 22.5. The highest BCUT2D eigenvalue weighted by atomic mass is 32.1. The first-order chi connectivity index (χ1) is 16.2. The van der Waals surface area contributed by atoms with Crippen LogP contribution in [0.3, 0.4) is 0 Å². The number of fused-ring (bicyclic) bond motifs is 1. The fourth-order valence-corrected chi connectivity index (χ4v) is 5.46. The number of aryl methyl sites for hydroxylation is 1. The van der Waals surface area contributed by atoms with Gasteiger partial charge in [-0.05, 0) is 99.1 Å². The number of thiocarbonyl (C=S) groups is 1. The molecule has 0 bridgehead atoms. The molecule has 174 valence electrons. The molecule has 1 N–H and O–H groups in total. The van der Waals surface area contributed by atoms with Gasteiger partial charge in [-0.3, -0.25) is 4.98 Å². The van der Waals surface area contributed by atoms with Crippen molar-refractivity contribution in [2.24, 2.45) is 0 Å². The molecule has 1 saturated heterocycles. The third-order valence-electron chi connectivity index (χ3n) is 7.10. The first-order valence-electron chi connectivity index (χ1n) is 11.5. The maximum atomic E-state index is 14.1. The zero-order valence-electron chi connectivity index (χ0n) is 20.1. The number of likely N-dealkylation sites (N-methyl/N-ethyl adjacent to an activating group) is 1. The van der Waals surface area contributed by atoms with Gasteiger partial charge in [-0.25, -0.2) is 4.39 Å². The van der Waals surface area contributed by atoms with Crippen LogP contribution in [0.25, 0.3) is 5.57 Å². The summed E-state index contributed by atoms with van der Waals surface area (Å²) >= 11 is 5.82. The van der Waals surface area contributed by atoms with Gasteiger partial charge in [-0.15, -0.1) is 0 Å². The van der Waals surface area contributed by atoms with Crippen molar-refractivity contribution in [1.29, 1.82) is 0 Å². The van der Waals surface area contributed by atoms with Crippen molar-refractivity contribution in [3.8, 4) is 0 Å². The number of pyridine rings is 1. The number of benzene rings is 2. The zero-order valence-corrected chi connectivity index (χ0v) is 20.9. The SMILES string of the molecule is CC1=CC(C)(C)N(C)c2ccc([C@H]3[C@H](c4ccccn4)NC(=S)N3c3ccc(F)c(C)c3)cc21. The second-order valence-electron chi connectivity index (χ2n) is 9.75. The number of halogens is 1. The van der Waals surface area contributed by atoms with E-state index in [-0.39, 0.29) is 23.4 Å². The maximum absolute atomic E-state index is 14.1. The minimum Gasteiger partial charge on any atom is -0.366 e. The molecule has 0 unspecified atom stereocenters. The van der Waals surface area contributed by atoms with E-state index < -0.39 is 0 Å². The molecule has 0 spiro atoms. The van der Waals surface area contributed by atoms with E-state index in [4.69, 9.17) is 12.2 Å². The third-order valence-corrected chi connectivity index (χ3v) is 7.41. The Labute approximate surface area is 206 Å². The van der Waals surface area contributed by atoms with Gasteiger partial charge in [0, 0.05) is 30.2 Å². The summed E-state index contributed by atoms with van der Waals surface area (Å²) in [6, 6.07) is 17.5. The highest BCUT2D eigenvalue weighted by Gasteiger charge is 2.41. The number of nitrogens with zero attached hydrogens (tertiary/aromatic N) is 3. The number of aromatic nitrogens is 1. The van der Waals surface area contributed by atoms with Gasteiger partial charge >= 0.3 is 0 Å². The number of nitrogens with one attached hydrogen (secondary N) is 1. The Morgan fingerprint density at radius 2 is 1.85 bits per heavy atom. The predicted octanol–water partition coefficient (Wildman–Crippen LogP) is 6.34. The van der Waals surface area contributed by atoms with Gasteiger partial charge in [0.1, 0.15) is 5.82 Å². The third kappa shape index (κ3) is 3.66. The van der Waals surface area contributed by atoms with Gasteiger partial charge in [0.25, 0.3) is 0 Å². The van der Waals surface area contributed by atoms with Gasteiger partial charge in [-0.2, -0.15) is 0 Å². The molecule has 0 amide bonds. The Balaban J connectivity index is 1.67. The predicted molar refractivity (Wildman–Crippen MR) is 142 cm³/mol. The molecule has 2 aromatic carbocycles. The van der Waals surface area contributed by atoms with E-state index in [1.165, 1.54) is 22.9 Å². The molecule has 0 aliphatic carbocycles. The number of hydrogen-bond acceptors (Lipinski definition) is 3. The average Bonchev–Trinajstić information content (AvgIpc) is 3.16. The van der Waals surface area contributed by atoms with E-state index >= 15 is 0 Å². The summed E-state index contributed by atoms with van der Waals surface area (Å²) in [5.74, 6) is -0.222. The Kier molecular flexibility index (Phi) is 5.44. The van der Waals surface area contributed by atoms with E-state index in [2.05, 4.69) is 72.2 Å². The lowest BCUT2D eigenvalue weighted by atomic mass is 9.86. The molecule has 2 atom stereocenters. The van der Waals surface area contributed by atoms with Crippen LogP contribution >= 0.6 is 12.2 Å². The number of allylic oxidation sites excluding steroid dienone is 1. The van der Waals surface area contributed by atoms with Crippen LogP contribution in [0.1, 0.15) is 55.2 Å². The Bertz CT molecular complexity index is 1300. The van der Waals surface area contributed by atoms with E-state index in [0.717, 1.165) is 16.9 Å². The largest absolute Gasteiger partial charge is 0.366 e. The summed E-state index contributed by atoms with van der Waals surface area (Å²) in [7, 11) is 2.14. The lowest BCUT2D eigenvalue weighted by Gasteiger charge is -2.41. The van der Waals surface area contributed by atoms with Crippen LogP contribution in [-0.2, 0) is 0 Å². The molecule has 3 aromatic rings. The summed E-state index contributed by atoms with van der Waals surface area (Å²) in [6.45, 7) is 8.40. The van der Waals surface area contributed by atoms with Crippen molar-refractivity contribution in [2.75, 3.05) is 16.8 Å². The molecule has 1 aromatic heterocycles. The Morgan fingerprint density at radius 1 is 1.06 bits per heavy atom. The van der Waals surface area contributed by atoms with Gasteiger partial charge in [-0.1, -0.05) is 18.2 Å². The maximum Gasteiger partial charge on any atom is 0.174 e. The number of rotatable bonds is 3. The molecule has 4 nitrogen and oxygen atoms in total. The van der Waals surface area contributed by atoms with Crippen LogP contribution in [0.4, 0.5) is 15.8 Å². The van der Waals surface area contributed by atoms with E-state index in [1.807, 2.05) is 24.3 Å². The molecule has 2 aliphatic heterocycles. The molecule has 2 aliphatic rings. The summed E-state index contributed by atoms with van der Waals surface area (Å²) in [5, 5.41) is 4.10. The fraction of sp³-hybridized carbons (Fsp3) is 0.286. The van der Waals surface area contributed by atoms with Crippen LogP contribution in [0.5, 0.6) is 0 Å². The molecule has 0 radical (unpaired) electrons. The quantitative estimate of drug-likeness (QED) is 0.450. The van der Waals surface area contributed by atoms with Gasteiger partial charge in [0.05, 0.1) is 23.3 Å². The minimum absolute atomic E-state index is 0.0523. The average molecular weight is 473 g/mol. The lowest BCUT2D eigenvalue weighted by molar-refractivity contribution is 0.566. The summed E-state index contributed by atoms with van der Waals surface area (Å²) in [6.07, 6.45) is 4.12. The second kappa shape index (κ2) is 8.20. The molecule has 34 heavy (non-hydrogen) atoms. The molecule has 0 saturated carbocycles. The normalized spacial score (nSPS) is 21.2. The van der Waals surface area contributed by atoms with Crippen LogP contribution in [0, 0.1) is 12.7 Å². The topological polar surface area (TPSA) is 31.4 Å². The van der Waals surface area contributed by atoms with Crippen molar-refractivity contribution < 1.29 is 4.39 Å². The number of anilines is 2. The Morgan fingerprint density at radius 3 is 2.56 bits per heavy atom. The van der Waals surface area contributed by atoms with Gasteiger partial charge in [0.2, 0.25) is 0 Å². The fourth-order valence-electron chi connectivity index (χ4n) is 5.11. The smallest absolute Gasteiger partial charge is 0.174 e.